The van der Waals surface area contributed by atoms with Crippen LogP contribution < -0.4 is 10.6 Å². The van der Waals surface area contributed by atoms with E-state index in [-0.39, 0.29) is 12.6 Å². The number of benzene rings is 1. The molecule has 126 valence electrons. The van der Waals surface area contributed by atoms with Gasteiger partial charge in [-0.15, -0.1) is 0 Å². The van der Waals surface area contributed by atoms with Gasteiger partial charge in [0, 0.05) is 30.3 Å². The van der Waals surface area contributed by atoms with E-state index in [9.17, 15) is 18.7 Å². The second kappa shape index (κ2) is 6.28. The molecule has 1 aromatic carbocycles. The molecule has 0 aromatic heterocycles. The van der Waals surface area contributed by atoms with Crippen molar-refractivity contribution in [2.45, 2.75) is 30.3 Å². The van der Waals surface area contributed by atoms with Crippen molar-refractivity contribution >= 4 is 17.8 Å². The van der Waals surface area contributed by atoms with Gasteiger partial charge in [0.25, 0.3) is 0 Å². The molecule has 2 aliphatic rings. The Balaban J connectivity index is 1.52. The Labute approximate surface area is 138 Å². The van der Waals surface area contributed by atoms with Gasteiger partial charge in [-0.1, -0.05) is 6.07 Å². The van der Waals surface area contributed by atoms with E-state index in [4.69, 9.17) is 0 Å². The number of hydrogen-bond donors (Lipinski definition) is 3. The highest BCUT2D eigenvalue weighted by Crippen LogP contribution is 2.48. The van der Waals surface area contributed by atoms with Crippen molar-refractivity contribution in [3.05, 3.63) is 35.4 Å². The molecule has 0 spiro atoms. The molecule has 2 fully saturated rings. The first kappa shape index (κ1) is 16.5. The molecule has 1 aliphatic heterocycles. The fourth-order valence-corrected chi connectivity index (χ4v) is 4.20. The zero-order chi connectivity index (χ0) is 16.5. The van der Waals surface area contributed by atoms with Crippen molar-refractivity contribution in [1.29, 1.82) is 0 Å². The molecule has 1 aliphatic carbocycles. The number of nitrogens with one attached hydrogen (secondary N) is 2. The molecular weight excluding hydrogens is 322 g/mol. The third kappa shape index (κ3) is 3.77. The lowest BCUT2D eigenvalue weighted by Crippen LogP contribution is -2.47. The van der Waals surface area contributed by atoms with Crippen LogP contribution in [-0.4, -0.2) is 41.3 Å². The van der Waals surface area contributed by atoms with Crippen LogP contribution in [0.2, 0.25) is 0 Å². The van der Waals surface area contributed by atoms with Gasteiger partial charge >= 0.3 is 6.03 Å². The molecule has 0 radical (unpaired) electrons. The summed E-state index contributed by atoms with van der Waals surface area (Å²) in [5.41, 5.74) is -0.817. The van der Waals surface area contributed by atoms with Gasteiger partial charge in [0.1, 0.15) is 11.6 Å². The standard InChI is InChI=1S/C16H20F2N2O2S/c17-11-1-2-12(13(18)7-11)15(3-4-15)8-19-14(21)20-9-16(22)5-6-23-10-16/h1-2,7,22H,3-6,8-10H2,(H2,19,20,21). The van der Waals surface area contributed by atoms with Crippen LogP contribution >= 0.6 is 11.8 Å². The molecule has 3 rings (SSSR count). The molecule has 0 bridgehead atoms. The highest BCUT2D eigenvalue weighted by atomic mass is 32.2. The van der Waals surface area contributed by atoms with Gasteiger partial charge in [-0.25, -0.2) is 13.6 Å². The lowest BCUT2D eigenvalue weighted by atomic mass is 9.95. The summed E-state index contributed by atoms with van der Waals surface area (Å²) in [5, 5.41) is 15.6. The third-order valence-electron chi connectivity index (χ3n) is 4.60. The number of urea groups is 1. The maximum absolute atomic E-state index is 13.9. The van der Waals surface area contributed by atoms with E-state index in [1.165, 1.54) is 12.1 Å². The maximum Gasteiger partial charge on any atom is 0.314 e. The summed E-state index contributed by atoms with van der Waals surface area (Å²) in [7, 11) is 0. The molecule has 1 atom stereocenters. The minimum absolute atomic E-state index is 0.212. The van der Waals surface area contributed by atoms with E-state index in [1.54, 1.807) is 11.8 Å². The second-order valence-electron chi connectivity index (χ2n) is 6.47. The van der Waals surface area contributed by atoms with Gasteiger partial charge in [-0.2, -0.15) is 11.8 Å². The van der Waals surface area contributed by atoms with E-state index in [1.807, 2.05) is 0 Å². The fraction of sp³-hybridized carbons (Fsp3) is 0.562. The van der Waals surface area contributed by atoms with Crippen LogP contribution in [0.25, 0.3) is 0 Å². The number of hydrogen-bond acceptors (Lipinski definition) is 3. The van der Waals surface area contributed by atoms with Crippen LogP contribution in [0.15, 0.2) is 18.2 Å². The summed E-state index contributed by atoms with van der Waals surface area (Å²) >= 11 is 1.67. The Hall–Kier alpha value is -1.34. The maximum atomic E-state index is 13.9. The number of carbonyl (C=O) groups is 1. The first-order valence-corrected chi connectivity index (χ1v) is 8.85. The predicted molar refractivity (Wildman–Crippen MR) is 85.6 cm³/mol. The number of halogens is 2. The van der Waals surface area contributed by atoms with Gasteiger partial charge in [-0.3, -0.25) is 0 Å². The number of carbonyl (C=O) groups excluding carboxylic acids is 1. The van der Waals surface area contributed by atoms with Crippen molar-refractivity contribution in [2.75, 3.05) is 24.6 Å². The summed E-state index contributed by atoms with van der Waals surface area (Å²) in [4.78, 5) is 11.9. The van der Waals surface area contributed by atoms with Gasteiger partial charge in [-0.05, 0) is 36.6 Å². The molecule has 23 heavy (non-hydrogen) atoms. The monoisotopic (exact) mass is 342 g/mol. The summed E-state index contributed by atoms with van der Waals surface area (Å²) in [6, 6.07) is 3.20. The highest BCUT2D eigenvalue weighted by molar-refractivity contribution is 7.99. The molecule has 3 N–H and O–H groups in total. The normalized spacial score (nSPS) is 25.2. The highest BCUT2D eigenvalue weighted by Gasteiger charge is 2.46. The Morgan fingerprint density at radius 1 is 1.22 bits per heavy atom. The summed E-state index contributed by atoms with van der Waals surface area (Å²) in [5.74, 6) is 0.350. The molecule has 4 nitrogen and oxygen atoms in total. The predicted octanol–water partition coefficient (Wildman–Crippen LogP) is 2.16. The van der Waals surface area contributed by atoms with Crippen LogP contribution in [0, 0.1) is 11.6 Å². The molecule has 1 aromatic rings. The number of aliphatic hydroxyl groups is 1. The van der Waals surface area contributed by atoms with Crippen LogP contribution in [0.4, 0.5) is 13.6 Å². The average Bonchev–Trinajstić information content (AvgIpc) is 3.17. The van der Waals surface area contributed by atoms with Crippen LogP contribution in [0.1, 0.15) is 24.8 Å². The van der Waals surface area contributed by atoms with Crippen molar-refractivity contribution in [2.24, 2.45) is 0 Å². The van der Waals surface area contributed by atoms with Gasteiger partial charge in [0.15, 0.2) is 0 Å². The minimum atomic E-state index is -0.831. The average molecular weight is 342 g/mol. The zero-order valence-electron chi connectivity index (χ0n) is 12.7. The first-order valence-electron chi connectivity index (χ1n) is 7.70. The van der Waals surface area contributed by atoms with Gasteiger partial charge < -0.3 is 15.7 Å². The lowest BCUT2D eigenvalue weighted by molar-refractivity contribution is 0.0700. The van der Waals surface area contributed by atoms with Crippen molar-refractivity contribution in [3.63, 3.8) is 0 Å². The van der Waals surface area contributed by atoms with E-state index in [2.05, 4.69) is 10.6 Å². The Kier molecular flexibility index (Phi) is 4.51. The fourth-order valence-electron chi connectivity index (χ4n) is 2.90. The van der Waals surface area contributed by atoms with E-state index >= 15 is 0 Å². The van der Waals surface area contributed by atoms with Crippen LogP contribution in [-0.2, 0) is 5.41 Å². The van der Waals surface area contributed by atoms with Crippen LogP contribution in [0.3, 0.4) is 0 Å². The molecular formula is C16H20F2N2O2S. The van der Waals surface area contributed by atoms with Gasteiger partial charge in [0.2, 0.25) is 0 Å². The van der Waals surface area contributed by atoms with E-state index in [0.717, 1.165) is 24.7 Å². The smallest absolute Gasteiger partial charge is 0.314 e. The number of thioether (sulfide) groups is 1. The van der Waals surface area contributed by atoms with E-state index in [0.29, 0.717) is 24.3 Å². The third-order valence-corrected chi connectivity index (χ3v) is 5.84. The summed E-state index contributed by atoms with van der Waals surface area (Å²) in [6.45, 7) is 0.512. The number of rotatable bonds is 5. The topological polar surface area (TPSA) is 61.4 Å². The zero-order valence-corrected chi connectivity index (χ0v) is 13.5. The molecule has 2 amide bonds. The molecule has 1 saturated carbocycles. The lowest BCUT2D eigenvalue weighted by Gasteiger charge is -2.22. The SMILES string of the molecule is O=C(NCC1(O)CCSC1)NCC1(c2ccc(F)cc2F)CC1. The quantitative estimate of drug-likeness (QED) is 0.768. The molecule has 1 saturated heterocycles. The first-order chi connectivity index (χ1) is 10.9. The van der Waals surface area contributed by atoms with Gasteiger partial charge in [0.05, 0.1) is 5.60 Å². The largest absolute Gasteiger partial charge is 0.387 e. The Bertz CT molecular complexity index is 602. The molecule has 7 heteroatoms. The Morgan fingerprint density at radius 3 is 2.57 bits per heavy atom. The molecule has 1 unspecified atom stereocenters. The van der Waals surface area contributed by atoms with E-state index < -0.39 is 22.7 Å². The summed E-state index contributed by atoms with van der Waals surface area (Å²) in [6.07, 6.45) is 2.19. The minimum Gasteiger partial charge on any atom is -0.387 e. The van der Waals surface area contributed by atoms with Crippen molar-refractivity contribution in [3.8, 4) is 0 Å². The van der Waals surface area contributed by atoms with Crippen LogP contribution in [0.5, 0.6) is 0 Å². The van der Waals surface area contributed by atoms with Crippen molar-refractivity contribution in [1.82, 2.24) is 10.6 Å². The molecule has 1 heterocycles. The second-order valence-corrected chi connectivity index (χ2v) is 7.57. The Morgan fingerprint density at radius 2 is 1.96 bits per heavy atom. The number of amides is 2. The van der Waals surface area contributed by atoms with Crippen molar-refractivity contribution < 1.29 is 18.7 Å². The summed E-state index contributed by atoms with van der Waals surface area (Å²) < 4.78 is 26.9.